The molecule has 6 heteroatoms. The van der Waals surface area contributed by atoms with Crippen LogP contribution < -0.4 is 15.4 Å². The monoisotopic (exact) mass is 289 g/mol. The molecule has 0 aliphatic rings. The Morgan fingerprint density at radius 3 is 2.81 bits per heavy atom. The zero-order valence-electron chi connectivity index (χ0n) is 11.8. The van der Waals surface area contributed by atoms with E-state index in [1.807, 2.05) is 6.92 Å². The van der Waals surface area contributed by atoms with E-state index in [9.17, 15) is 9.18 Å². The van der Waals surface area contributed by atoms with Crippen molar-refractivity contribution in [2.24, 2.45) is 0 Å². The summed E-state index contributed by atoms with van der Waals surface area (Å²) in [6.07, 6.45) is 1.54. The van der Waals surface area contributed by atoms with Crippen LogP contribution in [-0.2, 0) is 0 Å². The first kappa shape index (κ1) is 14.8. The number of carbonyl (C=O) groups is 1. The molecule has 21 heavy (non-hydrogen) atoms. The van der Waals surface area contributed by atoms with Gasteiger partial charge in [-0.1, -0.05) is 0 Å². The molecule has 0 aliphatic carbocycles. The smallest absolute Gasteiger partial charge is 0.255 e. The molecule has 2 N–H and O–H groups in total. The molecule has 1 aromatic heterocycles. The summed E-state index contributed by atoms with van der Waals surface area (Å²) in [5.74, 6) is -0.114. The maximum atomic E-state index is 13.6. The highest BCUT2D eigenvalue weighted by Crippen LogP contribution is 2.21. The quantitative estimate of drug-likeness (QED) is 0.888. The van der Waals surface area contributed by atoms with Gasteiger partial charge in [-0.25, -0.2) is 9.37 Å². The van der Waals surface area contributed by atoms with Gasteiger partial charge in [0.25, 0.3) is 5.91 Å². The molecular formula is C15H16FN3O2. The predicted octanol–water partition coefficient (Wildman–Crippen LogP) is 2.91. The molecule has 0 radical (unpaired) electrons. The molecule has 0 saturated carbocycles. The summed E-state index contributed by atoms with van der Waals surface area (Å²) in [4.78, 5) is 16.2. The van der Waals surface area contributed by atoms with Crippen LogP contribution in [0.4, 0.5) is 15.9 Å². The van der Waals surface area contributed by atoms with Gasteiger partial charge in [-0.15, -0.1) is 0 Å². The van der Waals surface area contributed by atoms with Crippen molar-refractivity contribution in [3.8, 4) is 5.75 Å². The van der Waals surface area contributed by atoms with Crippen molar-refractivity contribution in [2.45, 2.75) is 6.92 Å². The van der Waals surface area contributed by atoms with E-state index < -0.39 is 5.82 Å². The molecule has 1 aromatic carbocycles. The zero-order valence-corrected chi connectivity index (χ0v) is 11.8. The van der Waals surface area contributed by atoms with Crippen molar-refractivity contribution in [3.05, 3.63) is 47.9 Å². The molecule has 0 saturated heterocycles. The first-order chi connectivity index (χ1) is 10.1. The summed E-state index contributed by atoms with van der Waals surface area (Å²) in [5, 5.41) is 5.65. The minimum atomic E-state index is -0.529. The number of nitrogens with zero attached hydrogens (tertiary/aromatic N) is 1. The average molecular weight is 289 g/mol. The first-order valence-electron chi connectivity index (χ1n) is 6.49. The van der Waals surface area contributed by atoms with Gasteiger partial charge in [-0.2, -0.15) is 0 Å². The molecule has 0 unspecified atom stereocenters. The number of pyridine rings is 1. The fourth-order valence-corrected chi connectivity index (χ4v) is 1.80. The van der Waals surface area contributed by atoms with Gasteiger partial charge in [0.15, 0.2) is 11.6 Å². The SMILES string of the molecule is CCNc1cc(C(=O)Nc2ccc(OC)c(F)c2)ccn1. The Balaban J connectivity index is 2.14. The van der Waals surface area contributed by atoms with Gasteiger partial charge in [-0.05, 0) is 31.2 Å². The van der Waals surface area contributed by atoms with Crippen LogP contribution in [-0.4, -0.2) is 24.5 Å². The van der Waals surface area contributed by atoms with E-state index in [1.165, 1.54) is 19.2 Å². The van der Waals surface area contributed by atoms with E-state index in [-0.39, 0.29) is 11.7 Å². The third kappa shape index (κ3) is 3.68. The topological polar surface area (TPSA) is 63.2 Å². The van der Waals surface area contributed by atoms with Crippen LogP contribution in [0.15, 0.2) is 36.5 Å². The number of hydrogen-bond acceptors (Lipinski definition) is 4. The lowest BCUT2D eigenvalue weighted by molar-refractivity contribution is 0.102. The van der Waals surface area contributed by atoms with Gasteiger partial charge in [0, 0.05) is 30.1 Å². The number of halogens is 1. The van der Waals surface area contributed by atoms with E-state index in [0.717, 1.165) is 0 Å². The molecule has 0 bridgehead atoms. The summed E-state index contributed by atoms with van der Waals surface area (Å²) in [5.41, 5.74) is 0.803. The van der Waals surface area contributed by atoms with Crippen LogP contribution in [0.2, 0.25) is 0 Å². The molecule has 0 spiro atoms. The number of anilines is 2. The Labute approximate surface area is 122 Å². The normalized spacial score (nSPS) is 10.0. The minimum Gasteiger partial charge on any atom is -0.494 e. The van der Waals surface area contributed by atoms with E-state index in [1.54, 1.807) is 24.4 Å². The van der Waals surface area contributed by atoms with E-state index in [0.29, 0.717) is 23.6 Å². The molecule has 0 fully saturated rings. The van der Waals surface area contributed by atoms with Crippen molar-refractivity contribution >= 4 is 17.4 Å². The molecule has 1 amide bonds. The van der Waals surface area contributed by atoms with Crippen molar-refractivity contribution in [3.63, 3.8) is 0 Å². The Bertz CT molecular complexity index is 647. The standard InChI is InChI=1S/C15H16FN3O2/c1-3-17-14-8-10(6-7-18-14)15(20)19-11-4-5-13(21-2)12(16)9-11/h4-9H,3H2,1-2H3,(H,17,18)(H,19,20). The number of methoxy groups -OCH3 is 1. The fraction of sp³-hybridized carbons (Fsp3) is 0.200. The van der Waals surface area contributed by atoms with Crippen LogP contribution in [0.5, 0.6) is 5.75 Å². The van der Waals surface area contributed by atoms with Crippen LogP contribution in [0.3, 0.4) is 0 Å². The van der Waals surface area contributed by atoms with Crippen LogP contribution in [0, 0.1) is 5.82 Å². The Kier molecular flexibility index (Phi) is 4.71. The highest BCUT2D eigenvalue weighted by molar-refractivity contribution is 6.04. The molecule has 0 atom stereocenters. The van der Waals surface area contributed by atoms with Gasteiger partial charge in [0.05, 0.1) is 7.11 Å². The second kappa shape index (κ2) is 6.69. The van der Waals surface area contributed by atoms with Gasteiger partial charge < -0.3 is 15.4 Å². The third-order valence-electron chi connectivity index (χ3n) is 2.79. The Morgan fingerprint density at radius 1 is 1.33 bits per heavy atom. The molecule has 0 aliphatic heterocycles. The number of amides is 1. The number of ether oxygens (including phenoxy) is 1. The number of nitrogens with one attached hydrogen (secondary N) is 2. The van der Waals surface area contributed by atoms with E-state index in [4.69, 9.17) is 4.74 Å². The molecular weight excluding hydrogens is 273 g/mol. The molecule has 110 valence electrons. The van der Waals surface area contributed by atoms with E-state index >= 15 is 0 Å². The fourth-order valence-electron chi connectivity index (χ4n) is 1.80. The number of rotatable bonds is 5. The number of benzene rings is 1. The first-order valence-corrected chi connectivity index (χ1v) is 6.49. The van der Waals surface area contributed by atoms with E-state index in [2.05, 4.69) is 15.6 Å². The van der Waals surface area contributed by atoms with Crippen molar-refractivity contribution < 1.29 is 13.9 Å². The summed E-state index contributed by atoms with van der Waals surface area (Å²) < 4.78 is 18.4. The molecule has 2 rings (SSSR count). The minimum absolute atomic E-state index is 0.131. The summed E-state index contributed by atoms with van der Waals surface area (Å²) >= 11 is 0. The Morgan fingerprint density at radius 2 is 2.14 bits per heavy atom. The highest BCUT2D eigenvalue weighted by atomic mass is 19.1. The second-order valence-corrected chi connectivity index (χ2v) is 4.26. The highest BCUT2D eigenvalue weighted by Gasteiger charge is 2.09. The molecule has 5 nitrogen and oxygen atoms in total. The number of aromatic nitrogens is 1. The summed E-state index contributed by atoms with van der Waals surface area (Å²) in [6, 6.07) is 7.48. The third-order valence-corrected chi connectivity index (χ3v) is 2.79. The van der Waals surface area contributed by atoms with Gasteiger partial charge in [-0.3, -0.25) is 4.79 Å². The summed E-state index contributed by atoms with van der Waals surface area (Å²) in [7, 11) is 1.38. The van der Waals surface area contributed by atoms with Crippen LogP contribution in [0.25, 0.3) is 0 Å². The molecule has 2 aromatic rings. The van der Waals surface area contributed by atoms with Gasteiger partial charge in [0.1, 0.15) is 5.82 Å². The summed E-state index contributed by atoms with van der Waals surface area (Å²) in [6.45, 7) is 2.65. The van der Waals surface area contributed by atoms with Gasteiger partial charge >= 0.3 is 0 Å². The van der Waals surface area contributed by atoms with Crippen LogP contribution in [0.1, 0.15) is 17.3 Å². The lowest BCUT2D eigenvalue weighted by Gasteiger charge is -2.08. The second-order valence-electron chi connectivity index (χ2n) is 4.26. The predicted molar refractivity (Wildman–Crippen MR) is 79.3 cm³/mol. The van der Waals surface area contributed by atoms with Crippen LogP contribution >= 0.6 is 0 Å². The average Bonchev–Trinajstić information content (AvgIpc) is 2.48. The number of carbonyl (C=O) groups excluding carboxylic acids is 1. The maximum absolute atomic E-state index is 13.6. The van der Waals surface area contributed by atoms with Crippen molar-refractivity contribution in [2.75, 3.05) is 24.3 Å². The molecule has 1 heterocycles. The lowest BCUT2D eigenvalue weighted by atomic mass is 10.2. The number of hydrogen-bond donors (Lipinski definition) is 2. The van der Waals surface area contributed by atoms with Crippen molar-refractivity contribution in [1.82, 2.24) is 4.98 Å². The van der Waals surface area contributed by atoms with Gasteiger partial charge in [0.2, 0.25) is 0 Å². The lowest BCUT2D eigenvalue weighted by Crippen LogP contribution is -2.13. The van der Waals surface area contributed by atoms with Crippen molar-refractivity contribution in [1.29, 1.82) is 0 Å². The maximum Gasteiger partial charge on any atom is 0.255 e. The zero-order chi connectivity index (χ0) is 15.2. The Hall–Kier alpha value is -2.63. The largest absolute Gasteiger partial charge is 0.494 e.